The number of hydrogen-bond acceptors (Lipinski definition) is 2. The molecule has 0 aliphatic carbocycles. The maximum Gasteiger partial charge on any atom is 0.309 e. The highest BCUT2D eigenvalue weighted by Crippen LogP contribution is 2.35. The van der Waals surface area contributed by atoms with Crippen LogP contribution in [0.2, 0.25) is 0 Å². The summed E-state index contributed by atoms with van der Waals surface area (Å²) in [5, 5.41) is 20.1. The number of aliphatic hydroxyl groups excluding tert-OH is 1. The Hall–Kier alpha value is -0.610. The number of unbranched alkanes of at least 4 members (excludes halogenated alkanes) is 3. The van der Waals surface area contributed by atoms with Crippen LogP contribution >= 0.6 is 0 Å². The van der Waals surface area contributed by atoms with Gasteiger partial charge in [-0.05, 0) is 39.5 Å². The van der Waals surface area contributed by atoms with Gasteiger partial charge in [0.2, 0.25) is 0 Å². The van der Waals surface area contributed by atoms with Gasteiger partial charge in [-0.25, -0.2) is 0 Å². The molecule has 0 radical (unpaired) electrons. The van der Waals surface area contributed by atoms with E-state index in [1.165, 1.54) is 19.3 Å². The number of quaternary nitrogens is 1. The van der Waals surface area contributed by atoms with Crippen molar-refractivity contribution in [2.45, 2.75) is 111 Å². The number of carboxylic acid groups (broad SMARTS) is 1. The molecule has 0 amide bonds. The SMILES string of the molecule is CCCC[N+](CCCC)(CCCC)C(CC(C)O)CC(C)(CC)C(=O)O. The molecule has 0 rings (SSSR count). The van der Waals surface area contributed by atoms with Gasteiger partial charge >= 0.3 is 5.97 Å². The minimum atomic E-state index is -0.715. The zero-order valence-electron chi connectivity index (χ0n) is 18.4. The van der Waals surface area contributed by atoms with Crippen molar-refractivity contribution in [1.29, 1.82) is 0 Å². The molecule has 0 aliphatic heterocycles. The van der Waals surface area contributed by atoms with E-state index in [0.29, 0.717) is 19.3 Å². The van der Waals surface area contributed by atoms with Crippen LogP contribution in [0.4, 0.5) is 0 Å². The summed E-state index contributed by atoms with van der Waals surface area (Å²) in [5.74, 6) is -0.699. The fourth-order valence-electron chi connectivity index (χ4n) is 4.10. The molecular weight excluding hydrogens is 326 g/mol. The summed E-state index contributed by atoms with van der Waals surface area (Å²) < 4.78 is 0.989. The van der Waals surface area contributed by atoms with E-state index in [1.807, 2.05) is 20.8 Å². The fraction of sp³-hybridized carbons (Fsp3) is 0.955. The van der Waals surface area contributed by atoms with Gasteiger partial charge < -0.3 is 14.7 Å². The van der Waals surface area contributed by atoms with Gasteiger partial charge in [0.25, 0.3) is 0 Å². The highest BCUT2D eigenvalue weighted by molar-refractivity contribution is 5.74. The summed E-state index contributed by atoms with van der Waals surface area (Å²) in [6.07, 6.45) is 8.56. The predicted molar refractivity (Wildman–Crippen MR) is 110 cm³/mol. The third-order valence-electron chi connectivity index (χ3n) is 6.24. The Bertz CT molecular complexity index is 362. The van der Waals surface area contributed by atoms with E-state index in [1.54, 1.807) is 0 Å². The van der Waals surface area contributed by atoms with Crippen LogP contribution in [0.25, 0.3) is 0 Å². The highest BCUT2D eigenvalue weighted by atomic mass is 16.4. The first-order chi connectivity index (χ1) is 12.2. The Morgan fingerprint density at radius 2 is 1.38 bits per heavy atom. The first kappa shape index (κ1) is 25.4. The average Bonchev–Trinajstić information content (AvgIpc) is 2.60. The summed E-state index contributed by atoms with van der Waals surface area (Å²) in [6.45, 7) is 15.7. The van der Waals surface area contributed by atoms with Gasteiger partial charge in [0, 0.05) is 12.8 Å². The van der Waals surface area contributed by atoms with E-state index in [4.69, 9.17) is 0 Å². The minimum absolute atomic E-state index is 0.209. The Labute approximate surface area is 162 Å². The van der Waals surface area contributed by atoms with Gasteiger partial charge in [0.1, 0.15) is 0 Å². The molecule has 0 spiro atoms. The Balaban J connectivity index is 5.87. The number of carboxylic acids is 1. The normalized spacial score (nSPS) is 16.9. The van der Waals surface area contributed by atoms with Gasteiger partial charge in [-0.3, -0.25) is 4.79 Å². The van der Waals surface area contributed by atoms with Crippen LogP contribution in [0.15, 0.2) is 0 Å². The van der Waals surface area contributed by atoms with Crippen molar-refractivity contribution < 1.29 is 19.5 Å². The lowest BCUT2D eigenvalue weighted by Gasteiger charge is -2.48. The van der Waals surface area contributed by atoms with Crippen LogP contribution in [0.1, 0.15) is 99.3 Å². The third kappa shape index (κ3) is 7.96. The second kappa shape index (κ2) is 12.7. The maximum absolute atomic E-state index is 12.0. The second-order valence-corrected chi connectivity index (χ2v) is 8.61. The predicted octanol–water partition coefficient (Wildman–Crippen LogP) is 5.23. The van der Waals surface area contributed by atoms with Crippen LogP contribution in [-0.4, -0.2) is 52.4 Å². The molecule has 0 aromatic rings. The van der Waals surface area contributed by atoms with Gasteiger partial charge in [-0.2, -0.15) is 0 Å². The largest absolute Gasteiger partial charge is 0.481 e. The number of aliphatic carboxylic acids is 1. The topological polar surface area (TPSA) is 57.5 Å². The first-order valence-electron chi connectivity index (χ1n) is 11.0. The van der Waals surface area contributed by atoms with E-state index in [9.17, 15) is 15.0 Å². The van der Waals surface area contributed by atoms with Crippen molar-refractivity contribution >= 4 is 5.97 Å². The van der Waals surface area contributed by atoms with Crippen LogP contribution < -0.4 is 0 Å². The lowest BCUT2D eigenvalue weighted by Crippen LogP contribution is -2.59. The van der Waals surface area contributed by atoms with Crippen molar-refractivity contribution in [1.82, 2.24) is 0 Å². The summed E-state index contributed by atoms with van der Waals surface area (Å²) in [5.41, 5.74) is -0.715. The van der Waals surface area contributed by atoms with Gasteiger partial charge in [0.15, 0.2) is 0 Å². The monoisotopic (exact) mass is 372 g/mol. The number of carbonyl (C=O) groups is 1. The van der Waals surface area contributed by atoms with Crippen molar-refractivity contribution in [2.24, 2.45) is 5.41 Å². The molecule has 3 atom stereocenters. The molecule has 4 heteroatoms. The average molecular weight is 373 g/mol. The van der Waals surface area contributed by atoms with Crippen molar-refractivity contribution in [2.75, 3.05) is 19.6 Å². The molecule has 0 saturated heterocycles. The van der Waals surface area contributed by atoms with Crippen molar-refractivity contribution in [3.8, 4) is 0 Å². The van der Waals surface area contributed by atoms with E-state index in [0.717, 1.165) is 43.4 Å². The summed E-state index contributed by atoms with van der Waals surface area (Å²) in [6, 6.07) is 0.209. The lowest BCUT2D eigenvalue weighted by molar-refractivity contribution is -0.953. The molecule has 4 nitrogen and oxygen atoms in total. The number of hydrogen-bond donors (Lipinski definition) is 2. The molecule has 2 N–H and O–H groups in total. The van der Waals surface area contributed by atoms with Crippen molar-refractivity contribution in [3.63, 3.8) is 0 Å². The standard InChI is InChI=1S/C22H45NO3/c1-7-11-14-23(15-12-8-2,16-13-9-3)20(17-19(5)24)18-22(6,10-4)21(25)26/h19-20,24H,7-18H2,1-6H3/p+1. The molecule has 0 bridgehead atoms. The van der Waals surface area contributed by atoms with Crippen LogP contribution in [0, 0.1) is 5.41 Å². The van der Waals surface area contributed by atoms with Crippen LogP contribution in [0.5, 0.6) is 0 Å². The zero-order chi connectivity index (χ0) is 20.2. The Kier molecular flexibility index (Phi) is 12.4. The lowest BCUT2D eigenvalue weighted by atomic mass is 9.78. The first-order valence-corrected chi connectivity index (χ1v) is 11.0. The number of rotatable bonds is 16. The molecule has 0 heterocycles. The number of nitrogens with zero attached hydrogens (tertiary/aromatic N) is 1. The molecule has 0 aromatic heterocycles. The third-order valence-corrected chi connectivity index (χ3v) is 6.24. The Morgan fingerprint density at radius 3 is 1.65 bits per heavy atom. The van der Waals surface area contributed by atoms with Crippen molar-refractivity contribution in [3.05, 3.63) is 0 Å². The van der Waals surface area contributed by atoms with E-state index >= 15 is 0 Å². The molecule has 0 aliphatic rings. The molecule has 0 aromatic carbocycles. The summed E-state index contributed by atoms with van der Waals surface area (Å²) in [4.78, 5) is 12.0. The number of aliphatic hydroxyl groups is 1. The van der Waals surface area contributed by atoms with Crippen LogP contribution in [-0.2, 0) is 4.79 Å². The molecule has 0 fully saturated rings. The molecule has 26 heavy (non-hydrogen) atoms. The second-order valence-electron chi connectivity index (χ2n) is 8.61. The van der Waals surface area contributed by atoms with E-state index in [-0.39, 0.29) is 6.04 Å². The van der Waals surface area contributed by atoms with Gasteiger partial charge in [-0.15, -0.1) is 0 Å². The zero-order valence-corrected chi connectivity index (χ0v) is 18.4. The van der Waals surface area contributed by atoms with E-state index in [2.05, 4.69) is 20.8 Å². The molecule has 0 saturated carbocycles. The van der Waals surface area contributed by atoms with Gasteiger partial charge in [-0.1, -0.05) is 47.0 Å². The quantitative estimate of drug-likeness (QED) is 0.365. The molecular formula is C22H46NO3+. The summed E-state index contributed by atoms with van der Waals surface area (Å²) in [7, 11) is 0. The highest BCUT2D eigenvalue weighted by Gasteiger charge is 2.43. The maximum atomic E-state index is 12.0. The smallest absolute Gasteiger partial charge is 0.309 e. The van der Waals surface area contributed by atoms with E-state index < -0.39 is 17.5 Å². The van der Waals surface area contributed by atoms with Crippen LogP contribution in [0.3, 0.4) is 0 Å². The van der Waals surface area contributed by atoms with Gasteiger partial charge in [0.05, 0.1) is 37.2 Å². The summed E-state index contributed by atoms with van der Waals surface area (Å²) >= 11 is 0. The minimum Gasteiger partial charge on any atom is -0.481 e. The molecule has 156 valence electrons. The molecule has 3 unspecified atom stereocenters. The Morgan fingerprint density at radius 1 is 0.962 bits per heavy atom. The fourth-order valence-corrected chi connectivity index (χ4v) is 4.10.